The number of unbranched alkanes of at least 4 members (excludes halogenated alkanes) is 19. The van der Waals surface area contributed by atoms with Crippen LogP contribution in [0.25, 0.3) is 0 Å². The van der Waals surface area contributed by atoms with Gasteiger partial charge in [-0.05, 0) is 70.6 Å². The minimum Gasteiger partial charge on any atom is -0.396 e. The molecule has 0 fully saturated rings. The van der Waals surface area contributed by atoms with Crippen LogP contribution in [-0.2, 0) is 4.79 Å². The predicted octanol–water partition coefficient (Wildman–Crippen LogP) is 10.4. The van der Waals surface area contributed by atoms with Gasteiger partial charge in [-0.15, -0.1) is 0 Å². The highest BCUT2D eigenvalue weighted by Crippen LogP contribution is 2.12. The molecule has 0 rings (SSSR count). The lowest BCUT2D eigenvalue weighted by Crippen LogP contribution is -1.97. The van der Waals surface area contributed by atoms with Gasteiger partial charge in [0, 0.05) is 19.4 Å². The summed E-state index contributed by atoms with van der Waals surface area (Å²) >= 11 is 0. The molecule has 0 aliphatic rings. The summed E-state index contributed by atoms with van der Waals surface area (Å²) in [6.07, 6.45) is 39.8. The molecule has 200 valence electrons. The van der Waals surface area contributed by atoms with Crippen molar-refractivity contribution in [1.29, 1.82) is 0 Å². The zero-order chi connectivity index (χ0) is 24.8. The molecule has 2 nitrogen and oxygen atoms in total. The maximum absolute atomic E-state index is 12.0. The molecule has 0 bridgehead atoms. The van der Waals surface area contributed by atoms with E-state index in [1.54, 1.807) is 0 Å². The molecule has 0 atom stereocenters. The topological polar surface area (TPSA) is 37.3 Å². The van der Waals surface area contributed by atoms with Crippen LogP contribution in [0.2, 0.25) is 0 Å². The molecule has 0 unspecified atom stereocenters. The lowest BCUT2D eigenvalue weighted by atomic mass is 10.0. The van der Waals surface area contributed by atoms with Gasteiger partial charge in [0.25, 0.3) is 0 Å². The maximum Gasteiger partial charge on any atom is 0.132 e. The minimum atomic E-state index is 0.344. The van der Waals surface area contributed by atoms with E-state index in [1.165, 1.54) is 128 Å². The van der Waals surface area contributed by atoms with Crippen molar-refractivity contribution in [2.75, 3.05) is 6.61 Å². The van der Waals surface area contributed by atoms with Crippen LogP contribution in [-0.4, -0.2) is 17.5 Å². The fraction of sp³-hybridized carbons (Fsp3) is 0.844. The fourth-order valence-corrected chi connectivity index (χ4v) is 4.42. The van der Waals surface area contributed by atoms with Crippen LogP contribution in [0.4, 0.5) is 0 Å². The van der Waals surface area contributed by atoms with Crippen molar-refractivity contribution in [2.24, 2.45) is 0 Å². The first-order valence-corrected chi connectivity index (χ1v) is 15.2. The van der Waals surface area contributed by atoms with E-state index >= 15 is 0 Å². The number of carbonyl (C=O) groups excluding carboxylic acids is 1. The zero-order valence-corrected chi connectivity index (χ0v) is 23.0. The Balaban J connectivity index is 3.24. The van der Waals surface area contributed by atoms with E-state index < -0.39 is 0 Å². The first-order valence-electron chi connectivity index (χ1n) is 15.2. The lowest BCUT2D eigenvalue weighted by molar-refractivity contribution is -0.119. The van der Waals surface area contributed by atoms with Crippen LogP contribution in [0.3, 0.4) is 0 Å². The molecule has 0 saturated heterocycles. The molecule has 0 aromatic rings. The van der Waals surface area contributed by atoms with Crippen LogP contribution >= 0.6 is 0 Å². The molecule has 2 heteroatoms. The molecule has 0 aromatic heterocycles. The summed E-state index contributed by atoms with van der Waals surface area (Å²) in [5, 5.41) is 8.75. The van der Waals surface area contributed by atoms with Gasteiger partial charge in [0.2, 0.25) is 0 Å². The zero-order valence-electron chi connectivity index (χ0n) is 23.0. The van der Waals surface area contributed by atoms with E-state index in [2.05, 4.69) is 31.2 Å². The Labute approximate surface area is 214 Å². The van der Waals surface area contributed by atoms with Gasteiger partial charge >= 0.3 is 0 Å². The second kappa shape index (κ2) is 30.1. The molecule has 1 N–H and O–H groups in total. The summed E-state index contributed by atoms with van der Waals surface area (Å²) in [7, 11) is 0. The number of ketones is 1. The summed E-state index contributed by atoms with van der Waals surface area (Å²) in [5.74, 6) is 0.488. The molecule has 0 spiro atoms. The van der Waals surface area contributed by atoms with Crippen molar-refractivity contribution < 1.29 is 9.90 Å². The largest absolute Gasteiger partial charge is 0.396 e. The Morgan fingerprint density at radius 3 is 1.18 bits per heavy atom. The molecule has 0 aliphatic carbocycles. The van der Waals surface area contributed by atoms with Crippen LogP contribution in [0.5, 0.6) is 0 Å². The molecule has 0 aliphatic heterocycles. The molecule has 0 aromatic carbocycles. The van der Waals surface area contributed by atoms with E-state index in [4.69, 9.17) is 5.11 Å². The summed E-state index contributed by atoms with van der Waals surface area (Å²) in [6, 6.07) is 0. The monoisotopic (exact) mass is 476 g/mol. The summed E-state index contributed by atoms with van der Waals surface area (Å²) < 4.78 is 0. The highest BCUT2D eigenvalue weighted by Gasteiger charge is 2.01. The third-order valence-electron chi connectivity index (χ3n) is 6.74. The van der Waals surface area contributed by atoms with Gasteiger partial charge in [0.05, 0.1) is 0 Å². The summed E-state index contributed by atoms with van der Waals surface area (Å²) in [5.41, 5.74) is 0. The summed E-state index contributed by atoms with van der Waals surface area (Å²) in [6.45, 7) is 2.61. The minimum absolute atomic E-state index is 0.344. The number of hydrogen-bond acceptors (Lipinski definition) is 2. The van der Waals surface area contributed by atoms with Gasteiger partial charge in [0.1, 0.15) is 5.78 Å². The van der Waals surface area contributed by atoms with Crippen molar-refractivity contribution in [3.63, 3.8) is 0 Å². The van der Waals surface area contributed by atoms with Gasteiger partial charge in [-0.2, -0.15) is 0 Å². The number of allylic oxidation sites excluding steroid dienone is 4. The van der Waals surface area contributed by atoms with Gasteiger partial charge < -0.3 is 5.11 Å². The summed E-state index contributed by atoms with van der Waals surface area (Å²) in [4.78, 5) is 12.0. The van der Waals surface area contributed by atoms with E-state index in [-0.39, 0.29) is 0 Å². The van der Waals surface area contributed by atoms with Gasteiger partial charge in [0.15, 0.2) is 0 Å². The number of hydrogen-bond donors (Lipinski definition) is 1. The highest BCUT2D eigenvalue weighted by atomic mass is 16.2. The predicted molar refractivity (Wildman–Crippen MR) is 151 cm³/mol. The smallest absolute Gasteiger partial charge is 0.132 e. The van der Waals surface area contributed by atoms with Crippen molar-refractivity contribution in [2.45, 2.75) is 167 Å². The fourth-order valence-electron chi connectivity index (χ4n) is 4.42. The molecular weight excluding hydrogens is 416 g/mol. The van der Waals surface area contributed by atoms with Crippen molar-refractivity contribution in [3.8, 4) is 0 Å². The first-order chi connectivity index (χ1) is 16.8. The van der Waals surface area contributed by atoms with E-state index in [9.17, 15) is 4.79 Å². The Morgan fingerprint density at radius 1 is 0.471 bits per heavy atom. The third-order valence-corrected chi connectivity index (χ3v) is 6.74. The second-order valence-corrected chi connectivity index (χ2v) is 10.2. The quantitative estimate of drug-likeness (QED) is 0.0900. The number of aliphatic hydroxyl groups excluding tert-OH is 1. The molecule has 34 heavy (non-hydrogen) atoms. The van der Waals surface area contributed by atoms with Crippen LogP contribution < -0.4 is 0 Å². The first kappa shape index (κ1) is 33.1. The molecule has 0 saturated carbocycles. The molecule has 0 heterocycles. The third kappa shape index (κ3) is 29.1. The molecular formula is C32H60O2. The van der Waals surface area contributed by atoms with E-state index in [0.717, 1.165) is 32.1 Å². The van der Waals surface area contributed by atoms with Crippen molar-refractivity contribution in [1.82, 2.24) is 0 Å². The standard InChI is InChI=1S/C32H60O2/c1-2-3-4-5-6-7-8-11-14-17-20-23-26-29-32(34)30-27-24-21-18-15-12-9-10-13-16-19-22-25-28-31-33/h7-9,12,33H,2-6,10-11,13-31H2,1H3/b8-7-,12-9-. The normalized spacial score (nSPS) is 11.8. The number of rotatable bonds is 28. The second-order valence-electron chi connectivity index (χ2n) is 10.2. The van der Waals surface area contributed by atoms with Gasteiger partial charge in [-0.25, -0.2) is 0 Å². The van der Waals surface area contributed by atoms with Gasteiger partial charge in [-0.3, -0.25) is 4.79 Å². The van der Waals surface area contributed by atoms with Gasteiger partial charge in [-0.1, -0.05) is 108 Å². The number of carbonyl (C=O) groups is 1. The average Bonchev–Trinajstić information content (AvgIpc) is 2.84. The Kier molecular flexibility index (Phi) is 29.4. The van der Waals surface area contributed by atoms with Crippen LogP contribution in [0.15, 0.2) is 24.3 Å². The number of aliphatic hydroxyl groups is 1. The van der Waals surface area contributed by atoms with Crippen molar-refractivity contribution in [3.05, 3.63) is 24.3 Å². The van der Waals surface area contributed by atoms with Crippen LogP contribution in [0.1, 0.15) is 167 Å². The molecule has 0 amide bonds. The maximum atomic E-state index is 12.0. The lowest BCUT2D eigenvalue weighted by Gasteiger charge is -2.02. The van der Waals surface area contributed by atoms with Crippen LogP contribution in [0, 0.1) is 0 Å². The van der Waals surface area contributed by atoms with Crippen molar-refractivity contribution >= 4 is 5.78 Å². The Bertz CT molecular complexity index is 452. The average molecular weight is 477 g/mol. The Hall–Kier alpha value is -0.890. The van der Waals surface area contributed by atoms with E-state index in [0.29, 0.717) is 12.4 Å². The molecule has 0 radical (unpaired) electrons. The van der Waals surface area contributed by atoms with E-state index in [1.807, 2.05) is 0 Å². The number of Topliss-reactive ketones (excluding diaryl/α,β-unsaturated/α-hetero) is 1. The highest BCUT2D eigenvalue weighted by molar-refractivity contribution is 5.78. The Morgan fingerprint density at radius 2 is 0.794 bits per heavy atom. The SMILES string of the molecule is CCCCCC/C=C\CCCCCCCC(=O)CCCCCC/C=C\CCCCCCCCO.